The van der Waals surface area contributed by atoms with Crippen LogP contribution >= 0.6 is 0 Å². The minimum absolute atomic E-state index is 0.0783. The van der Waals surface area contributed by atoms with E-state index >= 15 is 0 Å². The Morgan fingerprint density at radius 1 is 1.00 bits per heavy atom. The van der Waals surface area contributed by atoms with Crippen molar-refractivity contribution >= 4 is 22.0 Å². The lowest BCUT2D eigenvalue weighted by Gasteiger charge is -2.37. The van der Waals surface area contributed by atoms with E-state index in [4.69, 9.17) is 4.74 Å². The van der Waals surface area contributed by atoms with Gasteiger partial charge in [-0.05, 0) is 41.3 Å². The largest absolute Gasteiger partial charge is 0.445 e. The quantitative estimate of drug-likeness (QED) is 0.487. The number of nitrogens with zero attached hydrogens (tertiary/aromatic N) is 1. The van der Waals surface area contributed by atoms with Crippen LogP contribution in [0.3, 0.4) is 0 Å². The van der Waals surface area contributed by atoms with Crippen molar-refractivity contribution in [2.45, 2.75) is 18.8 Å². The number of aryl methyl sites for hydroxylation is 1. The molecule has 0 aromatic heterocycles. The first kappa shape index (κ1) is 24.4. The van der Waals surface area contributed by atoms with Gasteiger partial charge in [0.2, 0.25) is 10.0 Å². The van der Waals surface area contributed by atoms with E-state index in [9.17, 15) is 22.4 Å². The van der Waals surface area contributed by atoms with Gasteiger partial charge >= 0.3 is 6.09 Å². The lowest BCUT2D eigenvalue weighted by molar-refractivity contribution is 0.0763. The van der Waals surface area contributed by atoms with Crippen molar-refractivity contribution in [3.05, 3.63) is 95.3 Å². The van der Waals surface area contributed by atoms with E-state index in [0.717, 1.165) is 11.1 Å². The number of hydrogen-bond donors (Lipinski definition) is 2. The molecule has 0 radical (unpaired) electrons. The van der Waals surface area contributed by atoms with Gasteiger partial charge in [-0.25, -0.2) is 17.6 Å². The topological polar surface area (TPSA) is 105 Å². The smallest absolute Gasteiger partial charge is 0.410 e. The van der Waals surface area contributed by atoms with Crippen LogP contribution in [0.2, 0.25) is 0 Å². The first-order valence-electron chi connectivity index (χ1n) is 10.9. The van der Waals surface area contributed by atoms with Gasteiger partial charge in [-0.1, -0.05) is 60.7 Å². The molecule has 0 bridgehead atoms. The van der Waals surface area contributed by atoms with E-state index < -0.39 is 33.1 Å². The second kappa shape index (κ2) is 10.2. The van der Waals surface area contributed by atoms with Crippen LogP contribution in [0.5, 0.6) is 0 Å². The molecule has 4 rings (SSSR count). The summed E-state index contributed by atoms with van der Waals surface area (Å²) < 4.78 is 44.9. The average Bonchev–Trinajstić information content (AvgIpc) is 2.83. The summed E-state index contributed by atoms with van der Waals surface area (Å²) in [6.07, 6.45) is -0.625. The number of sulfonamides is 1. The van der Waals surface area contributed by atoms with Crippen LogP contribution in [-0.4, -0.2) is 43.7 Å². The number of hydrazine groups is 1. The number of likely N-dealkylation sites (tertiary alicyclic amines) is 1. The lowest BCUT2D eigenvalue weighted by Crippen LogP contribution is -2.61. The third kappa shape index (κ3) is 5.67. The number of carbonyl (C=O) groups is 2. The summed E-state index contributed by atoms with van der Waals surface area (Å²) in [7, 11) is -4.00. The predicted octanol–water partition coefficient (Wildman–Crippen LogP) is 3.39. The maximum absolute atomic E-state index is 14.6. The molecule has 0 spiro atoms. The molecule has 8 nitrogen and oxygen atoms in total. The Bertz CT molecular complexity index is 1330. The second-order valence-corrected chi connectivity index (χ2v) is 10.1. The molecule has 35 heavy (non-hydrogen) atoms. The van der Waals surface area contributed by atoms with Crippen LogP contribution in [-0.2, 0) is 21.4 Å². The number of halogens is 1. The van der Waals surface area contributed by atoms with Gasteiger partial charge in [0, 0.05) is 13.1 Å². The molecule has 0 aliphatic carbocycles. The lowest BCUT2D eigenvalue weighted by atomic mass is 9.99. The Hall–Kier alpha value is -3.76. The van der Waals surface area contributed by atoms with Gasteiger partial charge in [0.1, 0.15) is 17.7 Å². The minimum atomic E-state index is -4.00. The van der Waals surface area contributed by atoms with Crippen molar-refractivity contribution in [1.82, 2.24) is 15.2 Å². The summed E-state index contributed by atoms with van der Waals surface area (Å²) in [6.45, 7) is 1.43. The average molecular weight is 498 g/mol. The van der Waals surface area contributed by atoms with Crippen LogP contribution in [0.25, 0.3) is 11.1 Å². The molecule has 3 aromatic carbocycles. The van der Waals surface area contributed by atoms with Gasteiger partial charge in [-0.2, -0.15) is 0 Å². The zero-order chi connectivity index (χ0) is 25.0. The van der Waals surface area contributed by atoms with Crippen molar-refractivity contribution < 1.29 is 27.1 Å². The normalized spacial score (nSPS) is 13.7. The minimum Gasteiger partial charge on any atom is -0.445 e. The van der Waals surface area contributed by atoms with Crippen molar-refractivity contribution in [2.75, 3.05) is 13.1 Å². The van der Waals surface area contributed by atoms with Crippen molar-refractivity contribution in [3.8, 4) is 11.1 Å². The number of rotatable bonds is 7. The highest BCUT2D eigenvalue weighted by molar-refractivity contribution is 7.90. The summed E-state index contributed by atoms with van der Waals surface area (Å²) >= 11 is 0. The van der Waals surface area contributed by atoms with Crippen LogP contribution in [0.4, 0.5) is 9.18 Å². The molecule has 182 valence electrons. The van der Waals surface area contributed by atoms with Crippen LogP contribution in [0.15, 0.2) is 72.8 Å². The van der Waals surface area contributed by atoms with Gasteiger partial charge < -0.3 is 9.64 Å². The van der Waals surface area contributed by atoms with Gasteiger partial charge in [-0.15, -0.1) is 4.83 Å². The van der Waals surface area contributed by atoms with Crippen LogP contribution in [0.1, 0.15) is 21.5 Å². The summed E-state index contributed by atoms with van der Waals surface area (Å²) in [5.41, 5.74) is 4.27. The molecule has 10 heteroatoms. The molecule has 1 fully saturated rings. The molecular weight excluding hydrogens is 473 g/mol. The fraction of sp³-hybridized carbons (Fsp3) is 0.200. The molecule has 1 heterocycles. The number of nitrogens with one attached hydrogen (secondary N) is 2. The molecule has 2 amide bonds. The standard InChI is InChI=1S/C25H24FN3O5S/c1-17-12-20(19-10-6-3-7-11-19)13-22(23(17)26)24(30)27-28-35(32,33)21-14-29(15-21)25(31)34-16-18-8-4-2-5-9-18/h2-13,21,28H,14-16H2,1H3,(H,27,30). The molecule has 1 saturated heterocycles. The SMILES string of the molecule is Cc1cc(-c2ccccc2)cc(C(=O)NNS(=O)(=O)C2CN(C(=O)OCc3ccccc3)C2)c1F. The Morgan fingerprint density at radius 2 is 1.63 bits per heavy atom. The third-order valence-corrected chi connectivity index (χ3v) is 7.23. The van der Waals surface area contributed by atoms with Gasteiger partial charge in [0.05, 0.1) is 5.56 Å². The molecular formula is C25H24FN3O5S. The zero-order valence-electron chi connectivity index (χ0n) is 18.9. The molecule has 0 saturated carbocycles. The Morgan fingerprint density at radius 3 is 2.29 bits per heavy atom. The molecule has 1 aliphatic rings. The van der Waals surface area contributed by atoms with E-state index in [0.29, 0.717) is 5.56 Å². The van der Waals surface area contributed by atoms with Gasteiger partial charge in [-0.3, -0.25) is 10.2 Å². The predicted molar refractivity (Wildman–Crippen MR) is 128 cm³/mol. The number of benzene rings is 3. The van der Waals surface area contributed by atoms with E-state index in [1.165, 1.54) is 17.9 Å². The Balaban J connectivity index is 1.33. The van der Waals surface area contributed by atoms with Crippen LogP contribution in [0, 0.1) is 12.7 Å². The first-order chi connectivity index (χ1) is 16.7. The van der Waals surface area contributed by atoms with E-state index in [1.807, 2.05) is 65.5 Å². The zero-order valence-corrected chi connectivity index (χ0v) is 19.7. The number of amides is 2. The highest BCUT2D eigenvalue weighted by Crippen LogP contribution is 2.25. The number of ether oxygens (including phenoxy) is 1. The first-order valence-corrected chi connectivity index (χ1v) is 12.4. The number of hydrogen-bond acceptors (Lipinski definition) is 5. The Labute approximate surface area is 202 Å². The molecule has 2 N–H and O–H groups in total. The van der Waals surface area contributed by atoms with E-state index in [2.05, 4.69) is 5.43 Å². The summed E-state index contributed by atoms with van der Waals surface area (Å²) in [6, 6.07) is 21.2. The third-order valence-electron chi connectivity index (χ3n) is 5.66. The van der Waals surface area contributed by atoms with Crippen molar-refractivity contribution in [1.29, 1.82) is 0 Å². The van der Waals surface area contributed by atoms with Crippen molar-refractivity contribution in [2.24, 2.45) is 0 Å². The van der Waals surface area contributed by atoms with Gasteiger partial charge in [0.25, 0.3) is 5.91 Å². The monoisotopic (exact) mass is 497 g/mol. The fourth-order valence-corrected chi connectivity index (χ4v) is 4.75. The fourth-order valence-electron chi connectivity index (χ4n) is 3.59. The molecule has 3 aromatic rings. The summed E-state index contributed by atoms with van der Waals surface area (Å²) in [4.78, 5) is 28.0. The Kier molecular flexibility index (Phi) is 7.13. The van der Waals surface area contributed by atoms with Crippen LogP contribution < -0.4 is 10.3 Å². The van der Waals surface area contributed by atoms with Crippen molar-refractivity contribution in [3.63, 3.8) is 0 Å². The number of carbonyl (C=O) groups excluding carboxylic acids is 2. The highest BCUT2D eigenvalue weighted by Gasteiger charge is 2.41. The van der Waals surface area contributed by atoms with E-state index in [1.54, 1.807) is 6.07 Å². The molecule has 1 aliphatic heterocycles. The maximum atomic E-state index is 14.6. The molecule has 0 unspecified atom stereocenters. The highest BCUT2D eigenvalue weighted by atomic mass is 32.2. The van der Waals surface area contributed by atoms with E-state index in [-0.39, 0.29) is 30.8 Å². The summed E-state index contributed by atoms with van der Waals surface area (Å²) in [5.74, 6) is -1.66. The maximum Gasteiger partial charge on any atom is 0.410 e. The second-order valence-electron chi connectivity index (χ2n) is 8.19. The molecule has 0 atom stereocenters. The summed E-state index contributed by atoms with van der Waals surface area (Å²) in [5, 5.41) is -0.936. The van der Waals surface area contributed by atoms with Gasteiger partial charge in [0.15, 0.2) is 0 Å².